The molecule has 0 N–H and O–H groups in total. The zero-order valence-corrected chi connectivity index (χ0v) is 10.7. The van der Waals surface area contributed by atoms with Crippen LogP contribution in [0.25, 0.3) is 0 Å². The van der Waals surface area contributed by atoms with Crippen molar-refractivity contribution in [1.82, 2.24) is 4.90 Å². The Bertz CT molecular complexity index is 304. The Morgan fingerprint density at radius 1 is 1.11 bits per heavy atom. The molecule has 2 saturated carbocycles. The Labute approximate surface area is 106 Å². The molecular formula is C13H20F3NO. The summed E-state index contributed by atoms with van der Waals surface area (Å²) in [5.74, 6) is -0.893. The summed E-state index contributed by atoms with van der Waals surface area (Å²) in [7, 11) is 1.81. The normalized spacial score (nSPS) is 29.1. The van der Waals surface area contributed by atoms with E-state index in [1.54, 1.807) is 11.9 Å². The van der Waals surface area contributed by atoms with Crippen molar-refractivity contribution >= 4 is 5.91 Å². The summed E-state index contributed by atoms with van der Waals surface area (Å²) < 4.78 is 37.5. The standard InChI is InChI=1S/C13H20F3NO/c1-17(11-6-7-11)12(18)8-9-2-4-10(5-3-9)13(14,15)16/h9-11H,2-8H2,1H3. The van der Waals surface area contributed by atoms with Crippen LogP contribution in [0.3, 0.4) is 0 Å². The zero-order chi connectivity index (χ0) is 13.3. The summed E-state index contributed by atoms with van der Waals surface area (Å²) >= 11 is 0. The Morgan fingerprint density at radius 2 is 1.67 bits per heavy atom. The van der Waals surface area contributed by atoms with E-state index in [0.29, 0.717) is 25.3 Å². The molecular weight excluding hydrogens is 243 g/mol. The van der Waals surface area contributed by atoms with Gasteiger partial charge in [-0.25, -0.2) is 0 Å². The topological polar surface area (TPSA) is 20.3 Å². The molecule has 2 aliphatic carbocycles. The van der Waals surface area contributed by atoms with Gasteiger partial charge in [0.05, 0.1) is 5.92 Å². The molecule has 0 aromatic rings. The van der Waals surface area contributed by atoms with E-state index >= 15 is 0 Å². The molecule has 0 radical (unpaired) electrons. The smallest absolute Gasteiger partial charge is 0.343 e. The van der Waals surface area contributed by atoms with Gasteiger partial charge in [-0.2, -0.15) is 13.2 Å². The molecule has 1 amide bonds. The second-order valence-electron chi connectivity index (χ2n) is 5.70. The number of alkyl halides is 3. The largest absolute Gasteiger partial charge is 0.391 e. The minimum absolute atomic E-state index is 0.105. The Kier molecular flexibility index (Phi) is 3.87. The predicted molar refractivity (Wildman–Crippen MR) is 61.9 cm³/mol. The third-order valence-corrected chi connectivity index (χ3v) is 4.26. The molecule has 0 unspecified atom stereocenters. The number of rotatable bonds is 3. The van der Waals surface area contributed by atoms with E-state index in [4.69, 9.17) is 0 Å². The lowest BCUT2D eigenvalue weighted by Gasteiger charge is -2.30. The van der Waals surface area contributed by atoms with Crippen molar-refractivity contribution in [3.8, 4) is 0 Å². The van der Waals surface area contributed by atoms with E-state index in [0.717, 1.165) is 12.8 Å². The van der Waals surface area contributed by atoms with E-state index in [1.165, 1.54) is 0 Å². The molecule has 2 aliphatic rings. The molecule has 2 nitrogen and oxygen atoms in total. The van der Waals surface area contributed by atoms with Crippen LogP contribution in [-0.4, -0.2) is 30.1 Å². The second-order valence-corrected chi connectivity index (χ2v) is 5.70. The first-order chi connectivity index (χ1) is 8.38. The van der Waals surface area contributed by atoms with Gasteiger partial charge in [-0.05, 0) is 44.4 Å². The van der Waals surface area contributed by atoms with Crippen LogP contribution in [0.5, 0.6) is 0 Å². The van der Waals surface area contributed by atoms with Crippen molar-refractivity contribution in [1.29, 1.82) is 0 Å². The molecule has 0 saturated heterocycles. The minimum Gasteiger partial charge on any atom is -0.343 e. The van der Waals surface area contributed by atoms with Gasteiger partial charge >= 0.3 is 6.18 Å². The van der Waals surface area contributed by atoms with Gasteiger partial charge in [-0.3, -0.25) is 4.79 Å². The average molecular weight is 263 g/mol. The molecule has 104 valence electrons. The van der Waals surface area contributed by atoms with Crippen molar-refractivity contribution in [2.75, 3.05) is 7.05 Å². The number of carbonyl (C=O) groups excluding carboxylic acids is 1. The van der Waals surface area contributed by atoms with Crippen LogP contribution in [0.4, 0.5) is 13.2 Å². The third kappa shape index (κ3) is 3.39. The zero-order valence-electron chi connectivity index (χ0n) is 10.7. The quantitative estimate of drug-likeness (QED) is 0.764. The summed E-state index contributed by atoms with van der Waals surface area (Å²) in [5, 5.41) is 0. The highest BCUT2D eigenvalue weighted by atomic mass is 19.4. The number of hydrogen-bond acceptors (Lipinski definition) is 1. The van der Waals surface area contributed by atoms with Gasteiger partial charge in [-0.15, -0.1) is 0 Å². The summed E-state index contributed by atoms with van der Waals surface area (Å²) in [5.41, 5.74) is 0. The first kappa shape index (κ1) is 13.7. The molecule has 0 bridgehead atoms. The molecule has 0 atom stereocenters. The number of nitrogens with zero attached hydrogens (tertiary/aromatic N) is 1. The van der Waals surface area contributed by atoms with Crippen molar-refractivity contribution in [2.24, 2.45) is 11.8 Å². The van der Waals surface area contributed by atoms with E-state index in [9.17, 15) is 18.0 Å². The number of amides is 1. The van der Waals surface area contributed by atoms with Crippen molar-refractivity contribution < 1.29 is 18.0 Å². The van der Waals surface area contributed by atoms with E-state index in [2.05, 4.69) is 0 Å². The molecule has 0 aliphatic heterocycles. The third-order valence-electron chi connectivity index (χ3n) is 4.26. The lowest BCUT2D eigenvalue weighted by molar-refractivity contribution is -0.184. The van der Waals surface area contributed by atoms with Gasteiger partial charge in [0, 0.05) is 19.5 Å². The molecule has 0 aromatic carbocycles. The summed E-state index contributed by atoms with van der Waals surface area (Å²) in [6, 6.07) is 0.393. The Balaban J connectivity index is 1.74. The SMILES string of the molecule is CN(C(=O)CC1CCC(C(F)(F)F)CC1)C1CC1. The van der Waals surface area contributed by atoms with Gasteiger partial charge < -0.3 is 4.90 Å². The first-order valence-electron chi connectivity index (χ1n) is 6.70. The maximum atomic E-state index is 12.5. The first-order valence-corrected chi connectivity index (χ1v) is 6.70. The molecule has 2 fully saturated rings. The molecule has 18 heavy (non-hydrogen) atoms. The fourth-order valence-corrected chi connectivity index (χ4v) is 2.75. The fourth-order valence-electron chi connectivity index (χ4n) is 2.75. The van der Waals surface area contributed by atoms with E-state index < -0.39 is 12.1 Å². The van der Waals surface area contributed by atoms with Gasteiger partial charge in [-0.1, -0.05) is 0 Å². The van der Waals surface area contributed by atoms with Gasteiger partial charge in [0.25, 0.3) is 0 Å². The number of hydrogen-bond donors (Lipinski definition) is 0. The highest BCUT2D eigenvalue weighted by Crippen LogP contribution is 2.40. The van der Waals surface area contributed by atoms with Gasteiger partial charge in [0.15, 0.2) is 0 Å². The van der Waals surface area contributed by atoms with E-state index in [1.807, 2.05) is 0 Å². The van der Waals surface area contributed by atoms with Crippen LogP contribution in [0.1, 0.15) is 44.9 Å². The second kappa shape index (κ2) is 5.10. The van der Waals surface area contributed by atoms with E-state index in [-0.39, 0.29) is 24.7 Å². The highest BCUT2D eigenvalue weighted by Gasteiger charge is 2.41. The lowest BCUT2D eigenvalue weighted by atomic mass is 9.80. The summed E-state index contributed by atoms with van der Waals surface area (Å²) in [6.45, 7) is 0. The van der Waals surface area contributed by atoms with Gasteiger partial charge in [0.1, 0.15) is 0 Å². The fraction of sp³-hybridized carbons (Fsp3) is 0.923. The predicted octanol–water partition coefficient (Wildman–Crippen LogP) is 3.37. The minimum atomic E-state index is -4.06. The average Bonchev–Trinajstić information content (AvgIpc) is 3.11. The van der Waals surface area contributed by atoms with Crippen LogP contribution in [0.2, 0.25) is 0 Å². The molecule has 0 heterocycles. The molecule has 2 rings (SSSR count). The van der Waals surface area contributed by atoms with Crippen molar-refractivity contribution in [2.45, 2.75) is 57.2 Å². The molecule has 0 aromatic heterocycles. The maximum absolute atomic E-state index is 12.5. The van der Waals surface area contributed by atoms with Crippen LogP contribution in [0, 0.1) is 11.8 Å². The summed E-state index contributed by atoms with van der Waals surface area (Å²) in [6.07, 6.45) is -0.0322. The highest BCUT2D eigenvalue weighted by molar-refractivity contribution is 5.76. The number of halogens is 3. The monoisotopic (exact) mass is 263 g/mol. The Morgan fingerprint density at radius 3 is 2.11 bits per heavy atom. The molecule has 0 spiro atoms. The van der Waals surface area contributed by atoms with Crippen LogP contribution in [-0.2, 0) is 4.79 Å². The van der Waals surface area contributed by atoms with Crippen LogP contribution >= 0.6 is 0 Å². The van der Waals surface area contributed by atoms with Gasteiger partial charge in [0.2, 0.25) is 5.91 Å². The summed E-state index contributed by atoms with van der Waals surface area (Å²) in [4.78, 5) is 13.6. The maximum Gasteiger partial charge on any atom is 0.391 e. The number of carbonyl (C=O) groups is 1. The molecule has 5 heteroatoms. The van der Waals surface area contributed by atoms with Crippen molar-refractivity contribution in [3.63, 3.8) is 0 Å². The van der Waals surface area contributed by atoms with Crippen molar-refractivity contribution in [3.05, 3.63) is 0 Å². The Hall–Kier alpha value is -0.740. The lowest BCUT2D eigenvalue weighted by Crippen LogP contribution is -2.33. The van der Waals surface area contributed by atoms with Crippen LogP contribution < -0.4 is 0 Å². The van der Waals surface area contributed by atoms with Crippen LogP contribution in [0.15, 0.2) is 0 Å².